The van der Waals surface area contributed by atoms with Gasteiger partial charge in [-0.25, -0.2) is 4.68 Å². The van der Waals surface area contributed by atoms with E-state index < -0.39 is 0 Å². The second kappa shape index (κ2) is 8.27. The number of nitrogens with one attached hydrogen (secondary N) is 1. The summed E-state index contributed by atoms with van der Waals surface area (Å²) in [6.45, 7) is 5.17. The number of aromatic nitrogens is 2. The Labute approximate surface area is 148 Å². The van der Waals surface area contributed by atoms with Crippen LogP contribution in [-0.4, -0.2) is 58.5 Å². The molecule has 0 spiro atoms. The molecule has 2 heterocycles. The van der Waals surface area contributed by atoms with Crippen LogP contribution in [0.5, 0.6) is 0 Å². The second-order valence-electron chi connectivity index (χ2n) is 6.43. The average Bonchev–Trinajstić information content (AvgIpc) is 3.09. The van der Waals surface area contributed by atoms with Crippen molar-refractivity contribution in [2.75, 3.05) is 32.8 Å². The number of rotatable bonds is 6. The van der Waals surface area contributed by atoms with Gasteiger partial charge in [-0.05, 0) is 38.4 Å². The van der Waals surface area contributed by atoms with Crippen LogP contribution in [0.25, 0.3) is 5.69 Å². The molecule has 2 aromatic rings. The maximum atomic E-state index is 12.5. The fourth-order valence-corrected chi connectivity index (χ4v) is 3.46. The van der Waals surface area contributed by atoms with Crippen molar-refractivity contribution in [2.24, 2.45) is 0 Å². The predicted molar refractivity (Wildman–Crippen MR) is 97.1 cm³/mol. The van der Waals surface area contributed by atoms with E-state index in [1.54, 1.807) is 4.68 Å². The van der Waals surface area contributed by atoms with E-state index in [4.69, 9.17) is 5.10 Å². The third-order valence-corrected chi connectivity index (χ3v) is 4.65. The van der Waals surface area contributed by atoms with Crippen LogP contribution >= 0.6 is 0 Å². The lowest BCUT2D eigenvalue weighted by atomic mass is 9.92. The Hall–Kier alpha value is -2.18. The Morgan fingerprint density at radius 2 is 2.16 bits per heavy atom. The van der Waals surface area contributed by atoms with Gasteiger partial charge in [0.2, 0.25) is 0 Å². The van der Waals surface area contributed by atoms with Gasteiger partial charge in [0.15, 0.2) is 0 Å². The molecule has 6 nitrogen and oxygen atoms in total. The summed E-state index contributed by atoms with van der Waals surface area (Å²) >= 11 is 0. The molecule has 3 rings (SSSR count). The molecule has 1 aromatic heterocycles. The molecule has 0 bridgehead atoms. The fraction of sp³-hybridized carbons (Fsp3) is 0.474. The van der Waals surface area contributed by atoms with Crippen molar-refractivity contribution in [1.29, 1.82) is 0 Å². The number of nitrogens with zero attached hydrogens (tertiary/aromatic N) is 3. The van der Waals surface area contributed by atoms with Gasteiger partial charge in [0, 0.05) is 31.7 Å². The molecule has 134 valence electrons. The van der Waals surface area contributed by atoms with E-state index in [2.05, 4.69) is 10.2 Å². The van der Waals surface area contributed by atoms with Crippen LogP contribution in [0.4, 0.5) is 0 Å². The van der Waals surface area contributed by atoms with E-state index in [0.29, 0.717) is 18.7 Å². The van der Waals surface area contributed by atoms with Crippen LogP contribution in [0.1, 0.15) is 41.7 Å². The first-order valence-corrected chi connectivity index (χ1v) is 8.99. The molecule has 0 aliphatic carbocycles. The highest BCUT2D eigenvalue weighted by atomic mass is 16.3. The highest BCUT2D eigenvalue weighted by Gasteiger charge is 2.28. The number of likely N-dealkylation sites (tertiary alicyclic amines) is 1. The number of benzene rings is 1. The van der Waals surface area contributed by atoms with Crippen molar-refractivity contribution in [1.82, 2.24) is 20.0 Å². The predicted octanol–water partition coefficient (Wildman–Crippen LogP) is 1.79. The van der Waals surface area contributed by atoms with Gasteiger partial charge in [0.1, 0.15) is 0 Å². The Kier molecular flexibility index (Phi) is 5.83. The molecule has 25 heavy (non-hydrogen) atoms. The summed E-state index contributed by atoms with van der Waals surface area (Å²) in [5.74, 6) is 0.141. The van der Waals surface area contributed by atoms with E-state index in [1.807, 2.05) is 43.5 Å². The molecule has 0 saturated carbocycles. The number of amides is 1. The van der Waals surface area contributed by atoms with E-state index in [9.17, 15) is 9.90 Å². The molecule has 1 amide bonds. The molecule has 1 aliphatic rings. The molecule has 1 fully saturated rings. The summed E-state index contributed by atoms with van der Waals surface area (Å²) in [5, 5.41) is 16.9. The molecule has 2 N–H and O–H groups in total. The van der Waals surface area contributed by atoms with E-state index in [0.717, 1.165) is 37.3 Å². The summed E-state index contributed by atoms with van der Waals surface area (Å²) in [5.41, 5.74) is 2.46. The summed E-state index contributed by atoms with van der Waals surface area (Å²) in [4.78, 5) is 14.8. The standard InChI is InChI=1S/C19H26N4O2/c1-2-20-19(25)17-14-23(16-8-4-3-5-9-16)21-18(17)15-7-6-10-22(13-15)11-12-24/h3-5,8-9,14-15,24H,2,6-7,10-13H2,1H3,(H,20,25). The number of aliphatic hydroxyl groups is 1. The Bertz CT molecular complexity index is 697. The molecule has 0 radical (unpaired) electrons. The van der Waals surface area contributed by atoms with Crippen LogP contribution in [0.15, 0.2) is 36.5 Å². The number of hydrogen-bond acceptors (Lipinski definition) is 4. The molecular formula is C19H26N4O2. The SMILES string of the molecule is CCNC(=O)c1cn(-c2ccccc2)nc1C1CCCN(CCO)C1. The zero-order valence-corrected chi connectivity index (χ0v) is 14.7. The Morgan fingerprint density at radius 1 is 1.36 bits per heavy atom. The number of para-hydroxylation sites is 1. The summed E-state index contributed by atoms with van der Waals surface area (Å²) < 4.78 is 1.80. The lowest BCUT2D eigenvalue weighted by Gasteiger charge is -2.31. The number of carbonyl (C=O) groups excluding carboxylic acids is 1. The molecule has 1 aromatic carbocycles. The van der Waals surface area contributed by atoms with Crippen LogP contribution in [0, 0.1) is 0 Å². The minimum atomic E-state index is -0.0704. The monoisotopic (exact) mass is 342 g/mol. The largest absolute Gasteiger partial charge is 0.395 e. The van der Waals surface area contributed by atoms with Crippen molar-refractivity contribution in [3.05, 3.63) is 47.8 Å². The number of hydrogen-bond donors (Lipinski definition) is 2. The van der Waals surface area contributed by atoms with E-state index >= 15 is 0 Å². The van der Waals surface area contributed by atoms with Gasteiger partial charge in [-0.15, -0.1) is 0 Å². The third-order valence-electron chi connectivity index (χ3n) is 4.65. The van der Waals surface area contributed by atoms with Gasteiger partial charge in [-0.2, -0.15) is 5.10 Å². The van der Waals surface area contributed by atoms with Gasteiger partial charge in [0.25, 0.3) is 5.91 Å². The molecule has 1 atom stereocenters. The van der Waals surface area contributed by atoms with Crippen LogP contribution in [0.3, 0.4) is 0 Å². The zero-order chi connectivity index (χ0) is 17.6. The normalized spacial score (nSPS) is 18.2. The van der Waals surface area contributed by atoms with Crippen LogP contribution < -0.4 is 5.32 Å². The molecule has 6 heteroatoms. The van der Waals surface area contributed by atoms with Crippen molar-refractivity contribution in [2.45, 2.75) is 25.7 Å². The van der Waals surface area contributed by atoms with E-state index in [-0.39, 0.29) is 18.4 Å². The van der Waals surface area contributed by atoms with Crippen LogP contribution in [0.2, 0.25) is 0 Å². The van der Waals surface area contributed by atoms with Crippen molar-refractivity contribution >= 4 is 5.91 Å². The summed E-state index contributed by atoms with van der Waals surface area (Å²) in [6.07, 6.45) is 3.90. The Morgan fingerprint density at radius 3 is 2.88 bits per heavy atom. The smallest absolute Gasteiger partial charge is 0.254 e. The topological polar surface area (TPSA) is 70.4 Å². The third kappa shape index (κ3) is 4.08. The zero-order valence-electron chi connectivity index (χ0n) is 14.7. The number of carbonyl (C=O) groups is 1. The summed E-state index contributed by atoms with van der Waals surface area (Å²) in [6, 6.07) is 9.86. The quantitative estimate of drug-likeness (QED) is 0.840. The van der Waals surface area contributed by atoms with Crippen molar-refractivity contribution in [3.63, 3.8) is 0 Å². The van der Waals surface area contributed by atoms with Crippen LogP contribution in [-0.2, 0) is 0 Å². The number of β-amino-alcohol motifs (C(OH)–C–C–N with tert-alkyl or cyclic N) is 1. The minimum Gasteiger partial charge on any atom is -0.395 e. The summed E-state index contributed by atoms with van der Waals surface area (Å²) in [7, 11) is 0. The van der Waals surface area contributed by atoms with Gasteiger partial charge >= 0.3 is 0 Å². The molecular weight excluding hydrogens is 316 g/mol. The minimum absolute atomic E-state index is 0.0704. The highest BCUT2D eigenvalue weighted by Crippen LogP contribution is 2.29. The highest BCUT2D eigenvalue weighted by molar-refractivity contribution is 5.95. The van der Waals surface area contributed by atoms with Gasteiger partial charge < -0.3 is 15.3 Å². The molecule has 1 aliphatic heterocycles. The first-order chi connectivity index (χ1) is 12.2. The number of aliphatic hydroxyl groups excluding tert-OH is 1. The molecule has 1 saturated heterocycles. The average molecular weight is 342 g/mol. The van der Waals surface area contributed by atoms with Gasteiger partial charge in [-0.1, -0.05) is 18.2 Å². The van der Waals surface area contributed by atoms with Crippen molar-refractivity contribution in [3.8, 4) is 5.69 Å². The first kappa shape index (κ1) is 17.6. The van der Waals surface area contributed by atoms with Gasteiger partial charge in [0.05, 0.1) is 23.6 Å². The van der Waals surface area contributed by atoms with Gasteiger partial charge in [-0.3, -0.25) is 4.79 Å². The fourth-order valence-electron chi connectivity index (χ4n) is 3.46. The van der Waals surface area contributed by atoms with Crippen molar-refractivity contribution < 1.29 is 9.90 Å². The Balaban J connectivity index is 1.93. The maximum Gasteiger partial charge on any atom is 0.254 e. The van der Waals surface area contributed by atoms with E-state index in [1.165, 1.54) is 0 Å². The second-order valence-corrected chi connectivity index (χ2v) is 6.43. The molecule has 1 unspecified atom stereocenters. The number of piperidine rings is 1. The lowest BCUT2D eigenvalue weighted by molar-refractivity contribution is 0.0952. The lowest BCUT2D eigenvalue weighted by Crippen LogP contribution is -2.37. The first-order valence-electron chi connectivity index (χ1n) is 8.99. The maximum absolute atomic E-state index is 12.5.